The highest BCUT2D eigenvalue weighted by atomic mass is 14.9. The molecule has 0 radical (unpaired) electrons. The van der Waals surface area contributed by atoms with Crippen LogP contribution in [0.4, 0.5) is 0 Å². The van der Waals surface area contributed by atoms with Crippen LogP contribution >= 0.6 is 0 Å². The summed E-state index contributed by atoms with van der Waals surface area (Å²) in [5.41, 5.74) is 1.06. The molecule has 2 heteroatoms. The molecule has 0 aromatic heterocycles. The second-order valence-corrected chi connectivity index (χ2v) is 4.93. The highest BCUT2D eigenvalue weighted by Gasteiger charge is 2.14. The Labute approximate surface area is 95.5 Å². The lowest BCUT2D eigenvalue weighted by molar-refractivity contribution is 0.358. The van der Waals surface area contributed by atoms with E-state index in [1.54, 1.807) is 0 Å². The largest absolute Gasteiger partial charge is 0.386 e. The standard InChI is InChI=1S/C13H28N2/c1-7-13(9-14-8-10(2)3)12(6)15-11(4)5/h10,12-15H,4,7-9H2,1-3,5-6H3. The monoisotopic (exact) mass is 212 g/mol. The normalized spacial score (nSPS) is 15.1. The third-order valence-corrected chi connectivity index (χ3v) is 2.66. The molecular weight excluding hydrogens is 184 g/mol. The third-order valence-electron chi connectivity index (χ3n) is 2.66. The lowest BCUT2D eigenvalue weighted by Gasteiger charge is -2.25. The first-order chi connectivity index (χ1) is 6.97. The molecular formula is C13H28N2. The van der Waals surface area contributed by atoms with E-state index in [4.69, 9.17) is 0 Å². The molecule has 2 unspecified atom stereocenters. The molecule has 0 rings (SSSR count). The summed E-state index contributed by atoms with van der Waals surface area (Å²) in [6, 6.07) is 0.507. The maximum Gasteiger partial charge on any atom is 0.0269 e. The van der Waals surface area contributed by atoms with E-state index in [2.05, 4.69) is 44.9 Å². The first-order valence-corrected chi connectivity index (χ1v) is 6.10. The molecule has 15 heavy (non-hydrogen) atoms. The van der Waals surface area contributed by atoms with E-state index in [-0.39, 0.29) is 0 Å². The van der Waals surface area contributed by atoms with Crippen molar-refractivity contribution in [3.8, 4) is 0 Å². The van der Waals surface area contributed by atoms with Crippen molar-refractivity contribution in [3.63, 3.8) is 0 Å². The second-order valence-electron chi connectivity index (χ2n) is 4.93. The number of allylic oxidation sites excluding steroid dienone is 1. The van der Waals surface area contributed by atoms with E-state index in [1.807, 2.05) is 6.92 Å². The van der Waals surface area contributed by atoms with Crippen LogP contribution in [-0.4, -0.2) is 19.1 Å². The van der Waals surface area contributed by atoms with Crippen molar-refractivity contribution >= 4 is 0 Å². The molecule has 0 amide bonds. The molecule has 2 N–H and O–H groups in total. The van der Waals surface area contributed by atoms with Gasteiger partial charge in [0.05, 0.1) is 0 Å². The smallest absolute Gasteiger partial charge is 0.0269 e. The van der Waals surface area contributed by atoms with Crippen molar-refractivity contribution in [1.82, 2.24) is 10.6 Å². The Morgan fingerprint density at radius 2 is 1.80 bits per heavy atom. The van der Waals surface area contributed by atoms with Gasteiger partial charge in [0.2, 0.25) is 0 Å². The molecule has 0 aliphatic rings. The van der Waals surface area contributed by atoms with E-state index in [0.717, 1.165) is 24.7 Å². The maximum atomic E-state index is 3.89. The van der Waals surface area contributed by atoms with Gasteiger partial charge in [-0.15, -0.1) is 0 Å². The summed E-state index contributed by atoms with van der Waals surface area (Å²) >= 11 is 0. The SMILES string of the molecule is C=C(C)NC(C)C(CC)CNCC(C)C. The predicted molar refractivity (Wildman–Crippen MR) is 68.9 cm³/mol. The number of hydrogen-bond donors (Lipinski definition) is 2. The third kappa shape index (κ3) is 7.43. The first-order valence-electron chi connectivity index (χ1n) is 6.10. The quantitative estimate of drug-likeness (QED) is 0.646. The van der Waals surface area contributed by atoms with Crippen molar-refractivity contribution in [2.45, 2.75) is 47.1 Å². The van der Waals surface area contributed by atoms with Gasteiger partial charge in [0.25, 0.3) is 0 Å². The Morgan fingerprint density at radius 1 is 1.20 bits per heavy atom. The fraction of sp³-hybridized carbons (Fsp3) is 0.846. The molecule has 0 fully saturated rings. The van der Waals surface area contributed by atoms with Gasteiger partial charge < -0.3 is 10.6 Å². The van der Waals surface area contributed by atoms with Gasteiger partial charge in [0, 0.05) is 11.7 Å². The van der Waals surface area contributed by atoms with Crippen LogP contribution in [-0.2, 0) is 0 Å². The Balaban J connectivity index is 3.84. The molecule has 2 atom stereocenters. The Bertz CT molecular complexity index is 175. The Hall–Kier alpha value is -0.500. The average molecular weight is 212 g/mol. The molecule has 0 aliphatic heterocycles. The van der Waals surface area contributed by atoms with Gasteiger partial charge >= 0.3 is 0 Å². The Kier molecular flexibility index (Phi) is 7.49. The van der Waals surface area contributed by atoms with Gasteiger partial charge in [-0.25, -0.2) is 0 Å². The first kappa shape index (κ1) is 14.5. The zero-order chi connectivity index (χ0) is 11.8. The van der Waals surface area contributed by atoms with Crippen LogP contribution in [0.25, 0.3) is 0 Å². The van der Waals surface area contributed by atoms with E-state index in [1.165, 1.54) is 6.42 Å². The molecule has 0 aromatic carbocycles. The molecule has 0 heterocycles. The summed E-state index contributed by atoms with van der Waals surface area (Å²) in [5, 5.41) is 6.92. The molecule has 90 valence electrons. The van der Waals surface area contributed by atoms with Crippen molar-refractivity contribution in [1.29, 1.82) is 0 Å². The van der Waals surface area contributed by atoms with Gasteiger partial charge in [-0.2, -0.15) is 0 Å². The van der Waals surface area contributed by atoms with Crippen LogP contribution in [0.2, 0.25) is 0 Å². The summed E-state index contributed by atoms with van der Waals surface area (Å²) < 4.78 is 0. The molecule has 0 aliphatic carbocycles. The van der Waals surface area contributed by atoms with Crippen molar-refractivity contribution in [3.05, 3.63) is 12.3 Å². The summed E-state index contributed by atoms with van der Waals surface area (Å²) in [6.45, 7) is 17.1. The van der Waals surface area contributed by atoms with Gasteiger partial charge in [0.15, 0.2) is 0 Å². The van der Waals surface area contributed by atoms with Gasteiger partial charge in [0.1, 0.15) is 0 Å². The van der Waals surface area contributed by atoms with E-state index in [9.17, 15) is 0 Å². The van der Waals surface area contributed by atoms with Gasteiger partial charge in [-0.3, -0.25) is 0 Å². The van der Waals surface area contributed by atoms with Crippen molar-refractivity contribution < 1.29 is 0 Å². The highest BCUT2D eigenvalue weighted by molar-refractivity contribution is 4.89. The molecule has 0 saturated carbocycles. The molecule has 2 nitrogen and oxygen atoms in total. The van der Waals surface area contributed by atoms with Crippen LogP contribution < -0.4 is 10.6 Å². The fourth-order valence-electron chi connectivity index (χ4n) is 1.74. The number of nitrogens with one attached hydrogen (secondary N) is 2. The van der Waals surface area contributed by atoms with Crippen LogP contribution in [0, 0.1) is 11.8 Å². The van der Waals surface area contributed by atoms with Crippen molar-refractivity contribution in [2.75, 3.05) is 13.1 Å². The van der Waals surface area contributed by atoms with E-state index < -0.39 is 0 Å². The topological polar surface area (TPSA) is 24.1 Å². The lowest BCUT2D eigenvalue weighted by Crippen LogP contribution is -2.38. The Morgan fingerprint density at radius 3 is 2.20 bits per heavy atom. The summed E-state index contributed by atoms with van der Waals surface area (Å²) in [5.74, 6) is 1.41. The van der Waals surface area contributed by atoms with Crippen LogP contribution in [0.5, 0.6) is 0 Å². The second kappa shape index (κ2) is 7.75. The minimum absolute atomic E-state index is 0.507. The number of rotatable bonds is 8. The molecule has 0 bridgehead atoms. The van der Waals surface area contributed by atoms with Crippen molar-refractivity contribution in [2.24, 2.45) is 11.8 Å². The zero-order valence-corrected chi connectivity index (χ0v) is 11.1. The van der Waals surface area contributed by atoms with Crippen LogP contribution in [0.15, 0.2) is 12.3 Å². The molecule has 0 spiro atoms. The van der Waals surface area contributed by atoms with Gasteiger partial charge in [-0.1, -0.05) is 33.8 Å². The van der Waals surface area contributed by atoms with Gasteiger partial charge in [-0.05, 0) is 38.8 Å². The van der Waals surface area contributed by atoms with E-state index in [0.29, 0.717) is 12.0 Å². The summed E-state index contributed by atoms with van der Waals surface area (Å²) in [6.07, 6.45) is 1.20. The molecule has 0 saturated heterocycles. The van der Waals surface area contributed by atoms with Crippen LogP contribution in [0.3, 0.4) is 0 Å². The zero-order valence-electron chi connectivity index (χ0n) is 11.1. The number of hydrogen-bond acceptors (Lipinski definition) is 2. The summed E-state index contributed by atoms with van der Waals surface area (Å²) in [7, 11) is 0. The minimum Gasteiger partial charge on any atom is -0.386 e. The lowest BCUT2D eigenvalue weighted by atomic mass is 9.98. The fourth-order valence-corrected chi connectivity index (χ4v) is 1.74. The predicted octanol–water partition coefficient (Wildman–Crippen LogP) is 2.77. The van der Waals surface area contributed by atoms with Crippen LogP contribution in [0.1, 0.15) is 41.0 Å². The average Bonchev–Trinajstić information content (AvgIpc) is 2.10. The van der Waals surface area contributed by atoms with E-state index >= 15 is 0 Å². The maximum absolute atomic E-state index is 3.89. The molecule has 0 aromatic rings. The summed E-state index contributed by atoms with van der Waals surface area (Å²) in [4.78, 5) is 0. The highest BCUT2D eigenvalue weighted by Crippen LogP contribution is 2.08. The minimum atomic E-state index is 0.507.